The van der Waals surface area contributed by atoms with Gasteiger partial charge in [-0.2, -0.15) is 10.4 Å². The molecule has 0 bridgehead atoms. The predicted octanol–water partition coefficient (Wildman–Crippen LogP) is 1.26. The van der Waals surface area contributed by atoms with E-state index in [1.807, 2.05) is 0 Å². The Hall–Kier alpha value is -2.13. The van der Waals surface area contributed by atoms with Crippen molar-refractivity contribution in [3.05, 3.63) is 29.0 Å². The molecule has 5 nitrogen and oxygen atoms in total. The Morgan fingerprint density at radius 3 is 2.88 bits per heavy atom. The molecule has 1 amide bonds. The third-order valence-corrected chi connectivity index (χ3v) is 1.79. The summed E-state index contributed by atoms with van der Waals surface area (Å²) in [7, 11) is 0. The number of hydrazone groups is 1. The molecule has 0 heterocycles. The van der Waals surface area contributed by atoms with Crippen LogP contribution in [0, 0.1) is 17.1 Å². The Kier molecular flexibility index (Phi) is 3.80. The van der Waals surface area contributed by atoms with Crippen LogP contribution in [0.2, 0.25) is 5.02 Å². The first kappa shape index (κ1) is 11.9. The number of anilines is 1. The SMILES string of the molecule is N#C/C(=N\Nc1cc(Cl)ccc1F)C(N)=O. The second-order valence-electron chi connectivity index (χ2n) is 2.67. The molecule has 82 valence electrons. The van der Waals surface area contributed by atoms with Crippen LogP contribution >= 0.6 is 11.6 Å². The van der Waals surface area contributed by atoms with Crippen molar-refractivity contribution in [3.63, 3.8) is 0 Å². The van der Waals surface area contributed by atoms with Crippen LogP contribution in [-0.4, -0.2) is 11.6 Å². The van der Waals surface area contributed by atoms with Gasteiger partial charge in [-0.25, -0.2) is 4.39 Å². The minimum atomic E-state index is -1.00. The molecule has 0 spiro atoms. The van der Waals surface area contributed by atoms with Crippen LogP contribution < -0.4 is 11.2 Å². The third kappa shape index (κ3) is 2.93. The zero-order valence-electron chi connectivity index (χ0n) is 7.87. The number of rotatable bonds is 3. The highest BCUT2D eigenvalue weighted by atomic mass is 35.5. The van der Waals surface area contributed by atoms with E-state index in [-0.39, 0.29) is 10.7 Å². The third-order valence-electron chi connectivity index (χ3n) is 1.56. The number of carbonyl (C=O) groups is 1. The largest absolute Gasteiger partial charge is 0.364 e. The van der Waals surface area contributed by atoms with Crippen LogP contribution in [0.3, 0.4) is 0 Å². The first-order chi connectivity index (χ1) is 7.54. The fourth-order valence-electron chi connectivity index (χ4n) is 0.834. The van der Waals surface area contributed by atoms with Crippen molar-refractivity contribution in [1.29, 1.82) is 5.26 Å². The normalized spacial score (nSPS) is 10.7. The van der Waals surface area contributed by atoms with Crippen molar-refractivity contribution in [2.75, 3.05) is 5.43 Å². The van der Waals surface area contributed by atoms with Gasteiger partial charge in [0.15, 0.2) is 0 Å². The summed E-state index contributed by atoms with van der Waals surface area (Å²) < 4.78 is 13.1. The summed E-state index contributed by atoms with van der Waals surface area (Å²) in [5.74, 6) is -1.62. The Morgan fingerprint density at radius 1 is 1.62 bits per heavy atom. The minimum absolute atomic E-state index is 0.0542. The van der Waals surface area contributed by atoms with Crippen molar-refractivity contribution >= 4 is 28.9 Å². The highest BCUT2D eigenvalue weighted by molar-refractivity contribution is 6.44. The predicted molar refractivity (Wildman–Crippen MR) is 57.3 cm³/mol. The maximum atomic E-state index is 13.1. The summed E-state index contributed by atoms with van der Waals surface area (Å²) in [6.07, 6.45) is 0. The molecule has 0 radical (unpaired) electrons. The number of nitrogens with one attached hydrogen (secondary N) is 1. The monoisotopic (exact) mass is 240 g/mol. The van der Waals surface area contributed by atoms with Gasteiger partial charge >= 0.3 is 0 Å². The molecule has 0 unspecified atom stereocenters. The van der Waals surface area contributed by atoms with E-state index in [2.05, 4.69) is 10.5 Å². The van der Waals surface area contributed by atoms with Crippen molar-refractivity contribution in [2.24, 2.45) is 10.8 Å². The van der Waals surface area contributed by atoms with Gasteiger partial charge in [-0.05, 0) is 18.2 Å². The number of nitrogens with zero attached hydrogens (tertiary/aromatic N) is 2. The molecule has 0 aromatic heterocycles. The average Bonchev–Trinajstić information content (AvgIpc) is 2.23. The number of amides is 1. The van der Waals surface area contributed by atoms with Gasteiger partial charge in [0, 0.05) is 5.02 Å². The Labute approximate surface area is 95.3 Å². The zero-order valence-corrected chi connectivity index (χ0v) is 8.62. The lowest BCUT2D eigenvalue weighted by Gasteiger charge is -2.02. The van der Waals surface area contributed by atoms with E-state index in [1.165, 1.54) is 18.2 Å². The van der Waals surface area contributed by atoms with Crippen LogP contribution in [0.1, 0.15) is 0 Å². The molecule has 0 saturated carbocycles. The Morgan fingerprint density at radius 2 is 2.31 bits per heavy atom. The molecule has 0 aliphatic heterocycles. The van der Waals surface area contributed by atoms with Crippen LogP contribution in [0.5, 0.6) is 0 Å². The van der Waals surface area contributed by atoms with Crippen LogP contribution in [-0.2, 0) is 4.79 Å². The van der Waals surface area contributed by atoms with E-state index in [9.17, 15) is 9.18 Å². The summed E-state index contributed by atoms with van der Waals surface area (Å²) in [5.41, 5.74) is 6.41. The fraction of sp³-hybridized carbons (Fsp3) is 0. The van der Waals surface area contributed by atoms with Gasteiger partial charge in [-0.1, -0.05) is 11.6 Å². The lowest BCUT2D eigenvalue weighted by atomic mass is 10.3. The molecule has 16 heavy (non-hydrogen) atoms. The lowest BCUT2D eigenvalue weighted by Crippen LogP contribution is -2.22. The van der Waals surface area contributed by atoms with Gasteiger partial charge in [0.05, 0.1) is 5.69 Å². The van der Waals surface area contributed by atoms with Crippen LogP contribution in [0.25, 0.3) is 0 Å². The lowest BCUT2D eigenvalue weighted by molar-refractivity contribution is -0.111. The maximum Gasteiger partial charge on any atom is 0.280 e. The number of primary amides is 1. The standard InChI is InChI=1S/C9H6ClFN4O/c10-5-1-2-6(11)7(3-5)14-15-8(4-12)9(13)16/h1-3,14H,(H2,13,16)/b15-8+. The topological polar surface area (TPSA) is 91.3 Å². The first-order valence-corrected chi connectivity index (χ1v) is 4.41. The number of benzene rings is 1. The number of nitrogens with two attached hydrogens (primary N) is 1. The van der Waals surface area contributed by atoms with E-state index >= 15 is 0 Å². The van der Waals surface area contributed by atoms with Gasteiger partial charge < -0.3 is 5.73 Å². The smallest absolute Gasteiger partial charge is 0.280 e. The van der Waals surface area contributed by atoms with Crippen molar-refractivity contribution in [3.8, 4) is 6.07 Å². The van der Waals surface area contributed by atoms with Crippen LogP contribution in [0.4, 0.5) is 10.1 Å². The van der Waals surface area contributed by atoms with Gasteiger partial charge in [0.1, 0.15) is 11.9 Å². The molecule has 1 rings (SSSR count). The highest BCUT2D eigenvalue weighted by Gasteiger charge is 2.06. The fourth-order valence-corrected chi connectivity index (χ4v) is 1.01. The highest BCUT2D eigenvalue weighted by Crippen LogP contribution is 2.19. The first-order valence-electron chi connectivity index (χ1n) is 4.03. The molecule has 1 aromatic rings. The molecule has 0 aliphatic rings. The number of carbonyl (C=O) groups excluding carboxylic acids is 1. The molecule has 0 atom stereocenters. The number of hydrogen-bond donors (Lipinski definition) is 2. The molecule has 0 saturated heterocycles. The van der Waals surface area contributed by atoms with E-state index in [0.29, 0.717) is 0 Å². The Balaban J connectivity index is 2.94. The van der Waals surface area contributed by atoms with Crippen molar-refractivity contribution in [2.45, 2.75) is 0 Å². The summed E-state index contributed by atoms with van der Waals surface area (Å²) in [6, 6.07) is 5.20. The zero-order chi connectivity index (χ0) is 12.1. The summed E-state index contributed by atoms with van der Waals surface area (Å²) in [6.45, 7) is 0. The van der Waals surface area contributed by atoms with Crippen molar-refractivity contribution < 1.29 is 9.18 Å². The molecule has 0 aliphatic carbocycles. The quantitative estimate of drug-likeness (QED) is 0.615. The summed E-state index contributed by atoms with van der Waals surface area (Å²) >= 11 is 5.62. The van der Waals surface area contributed by atoms with Gasteiger partial charge in [-0.3, -0.25) is 10.2 Å². The molecule has 1 aromatic carbocycles. The number of halogens is 2. The van der Waals surface area contributed by atoms with Gasteiger partial charge in [-0.15, -0.1) is 0 Å². The Bertz CT molecular complexity index is 495. The number of hydrogen-bond acceptors (Lipinski definition) is 4. The van der Waals surface area contributed by atoms with E-state index in [0.717, 1.165) is 6.07 Å². The van der Waals surface area contributed by atoms with E-state index < -0.39 is 17.4 Å². The second kappa shape index (κ2) is 5.09. The van der Waals surface area contributed by atoms with E-state index in [1.54, 1.807) is 0 Å². The van der Waals surface area contributed by atoms with Crippen molar-refractivity contribution in [1.82, 2.24) is 0 Å². The van der Waals surface area contributed by atoms with Crippen LogP contribution in [0.15, 0.2) is 23.3 Å². The summed E-state index contributed by atoms with van der Waals surface area (Å²) in [4.78, 5) is 10.6. The molecule has 7 heteroatoms. The van der Waals surface area contributed by atoms with Gasteiger partial charge in [0.25, 0.3) is 5.91 Å². The number of nitriles is 1. The van der Waals surface area contributed by atoms with Gasteiger partial charge in [0.2, 0.25) is 5.71 Å². The average molecular weight is 241 g/mol. The second-order valence-corrected chi connectivity index (χ2v) is 3.11. The molecular formula is C9H6ClFN4O. The molecule has 3 N–H and O–H groups in total. The molecular weight excluding hydrogens is 235 g/mol. The van der Waals surface area contributed by atoms with E-state index in [4.69, 9.17) is 22.6 Å². The minimum Gasteiger partial charge on any atom is -0.364 e. The molecule has 0 fully saturated rings. The summed E-state index contributed by atoms with van der Waals surface area (Å²) in [5, 5.41) is 12.1. The maximum absolute atomic E-state index is 13.1.